The summed E-state index contributed by atoms with van der Waals surface area (Å²) in [5.41, 5.74) is -0.287. The van der Waals surface area contributed by atoms with E-state index in [0.717, 1.165) is 6.42 Å². The summed E-state index contributed by atoms with van der Waals surface area (Å²) in [5, 5.41) is 2.94. The molecule has 0 aliphatic rings. The lowest BCUT2D eigenvalue weighted by Crippen LogP contribution is -2.38. The van der Waals surface area contributed by atoms with Crippen molar-refractivity contribution in [2.45, 2.75) is 45.9 Å². The largest absolute Gasteiger partial charge is 0.355 e. The number of hydrogen-bond donors (Lipinski definition) is 1. The summed E-state index contributed by atoms with van der Waals surface area (Å²) in [6.07, 6.45) is 1.09. The van der Waals surface area contributed by atoms with Crippen molar-refractivity contribution in [3.05, 3.63) is 0 Å². The van der Waals surface area contributed by atoms with Gasteiger partial charge in [0.1, 0.15) is 0 Å². The van der Waals surface area contributed by atoms with E-state index in [1.165, 1.54) is 0 Å². The van der Waals surface area contributed by atoms with Gasteiger partial charge in [0.15, 0.2) is 0 Å². The summed E-state index contributed by atoms with van der Waals surface area (Å²) < 4.78 is 0. The van der Waals surface area contributed by atoms with Crippen LogP contribution in [0.25, 0.3) is 0 Å². The lowest BCUT2D eigenvalue weighted by atomic mass is 9.95. The van der Waals surface area contributed by atoms with Crippen LogP contribution >= 0.6 is 15.9 Å². The third-order valence-corrected chi connectivity index (χ3v) is 2.59. The van der Waals surface area contributed by atoms with Crippen LogP contribution < -0.4 is 5.32 Å². The molecule has 1 unspecified atom stereocenters. The van der Waals surface area contributed by atoms with E-state index in [4.69, 9.17) is 0 Å². The summed E-state index contributed by atoms with van der Waals surface area (Å²) in [4.78, 5) is 11.9. The molecule has 3 heteroatoms. The molecular formula is C11H22BrNO. The minimum atomic E-state index is -0.287. The van der Waals surface area contributed by atoms with Gasteiger partial charge in [0.2, 0.25) is 5.91 Å². The van der Waals surface area contributed by atoms with Gasteiger partial charge in [0, 0.05) is 16.8 Å². The Hall–Kier alpha value is -0.0500. The molecule has 0 aromatic carbocycles. The molecule has 0 saturated carbocycles. The van der Waals surface area contributed by atoms with Gasteiger partial charge in [-0.2, -0.15) is 0 Å². The highest BCUT2D eigenvalue weighted by Gasteiger charge is 2.21. The third-order valence-electron chi connectivity index (χ3n) is 1.89. The second-order valence-electron chi connectivity index (χ2n) is 5.19. The molecule has 0 spiro atoms. The van der Waals surface area contributed by atoms with Crippen molar-refractivity contribution < 1.29 is 4.79 Å². The van der Waals surface area contributed by atoms with Gasteiger partial charge in [-0.15, -0.1) is 0 Å². The second kappa shape index (κ2) is 5.74. The summed E-state index contributed by atoms with van der Waals surface area (Å²) >= 11 is 3.56. The Morgan fingerprint density at radius 1 is 1.36 bits per heavy atom. The Labute approximate surface area is 96.0 Å². The Bertz CT molecular complexity index is 184. The maximum Gasteiger partial charge on any atom is 0.225 e. The predicted octanol–water partition coefficient (Wildman–Crippen LogP) is 2.96. The van der Waals surface area contributed by atoms with E-state index >= 15 is 0 Å². The van der Waals surface area contributed by atoms with Gasteiger partial charge in [-0.05, 0) is 12.3 Å². The molecule has 0 radical (unpaired) electrons. The quantitative estimate of drug-likeness (QED) is 0.777. The van der Waals surface area contributed by atoms with Crippen molar-refractivity contribution in [1.82, 2.24) is 5.32 Å². The summed E-state index contributed by atoms with van der Waals surface area (Å²) in [6, 6.07) is 0. The number of alkyl halides is 1. The van der Waals surface area contributed by atoms with Crippen LogP contribution in [0.15, 0.2) is 0 Å². The van der Waals surface area contributed by atoms with Gasteiger partial charge in [0.25, 0.3) is 0 Å². The number of carbonyl (C=O) groups excluding carboxylic acids is 1. The molecule has 0 bridgehead atoms. The third kappa shape index (κ3) is 6.41. The van der Waals surface area contributed by atoms with E-state index < -0.39 is 0 Å². The van der Waals surface area contributed by atoms with E-state index in [1.54, 1.807) is 0 Å². The zero-order chi connectivity index (χ0) is 11.4. The van der Waals surface area contributed by atoms with Gasteiger partial charge in [-0.1, -0.05) is 50.5 Å². The maximum atomic E-state index is 11.5. The zero-order valence-electron chi connectivity index (χ0n) is 9.86. The smallest absolute Gasteiger partial charge is 0.225 e. The van der Waals surface area contributed by atoms with Crippen molar-refractivity contribution in [3.8, 4) is 0 Å². The van der Waals surface area contributed by atoms with Crippen molar-refractivity contribution in [2.24, 2.45) is 11.3 Å². The lowest BCUT2D eigenvalue weighted by molar-refractivity contribution is -0.128. The first-order chi connectivity index (χ1) is 6.23. The van der Waals surface area contributed by atoms with Gasteiger partial charge in [-0.3, -0.25) is 4.79 Å². The highest BCUT2D eigenvalue weighted by atomic mass is 79.9. The average Bonchev–Trinajstić information content (AvgIpc) is 1.96. The fourth-order valence-electron chi connectivity index (χ4n) is 1.06. The molecule has 0 heterocycles. The van der Waals surface area contributed by atoms with E-state index in [-0.39, 0.29) is 11.3 Å². The van der Waals surface area contributed by atoms with Crippen molar-refractivity contribution in [2.75, 3.05) is 6.54 Å². The molecule has 84 valence electrons. The highest BCUT2D eigenvalue weighted by Crippen LogP contribution is 2.15. The maximum absolute atomic E-state index is 11.5. The number of nitrogens with one attached hydrogen (secondary N) is 1. The molecule has 0 saturated heterocycles. The molecule has 0 aliphatic carbocycles. The standard InChI is InChI=1S/C11H22BrNO/c1-8(2)6-9(12)7-13-10(14)11(3,4)5/h8-9H,6-7H2,1-5H3,(H,13,14). The Kier molecular flexibility index (Phi) is 5.72. The summed E-state index contributed by atoms with van der Waals surface area (Å²) in [5.74, 6) is 0.775. The number of rotatable bonds is 4. The van der Waals surface area contributed by atoms with E-state index in [0.29, 0.717) is 17.3 Å². The molecule has 0 aromatic heterocycles. The molecular weight excluding hydrogens is 242 g/mol. The first kappa shape index (κ1) is 13.9. The normalized spacial score (nSPS) is 14.2. The van der Waals surface area contributed by atoms with E-state index in [2.05, 4.69) is 35.1 Å². The number of halogens is 1. The molecule has 0 fully saturated rings. The zero-order valence-corrected chi connectivity index (χ0v) is 11.4. The van der Waals surface area contributed by atoms with Crippen LogP contribution in [0.1, 0.15) is 41.0 Å². The molecule has 0 aliphatic heterocycles. The fraction of sp³-hybridized carbons (Fsp3) is 0.909. The van der Waals surface area contributed by atoms with Crippen LogP contribution in [0, 0.1) is 11.3 Å². The van der Waals surface area contributed by atoms with E-state index in [9.17, 15) is 4.79 Å². The monoisotopic (exact) mass is 263 g/mol. The van der Waals surface area contributed by atoms with Crippen LogP contribution in [0.5, 0.6) is 0 Å². The predicted molar refractivity (Wildman–Crippen MR) is 64.6 cm³/mol. The van der Waals surface area contributed by atoms with Crippen molar-refractivity contribution in [3.63, 3.8) is 0 Å². The summed E-state index contributed by atoms with van der Waals surface area (Å²) in [7, 11) is 0. The van der Waals surface area contributed by atoms with E-state index in [1.807, 2.05) is 20.8 Å². The number of amides is 1. The molecule has 1 N–H and O–H groups in total. The van der Waals surface area contributed by atoms with Crippen molar-refractivity contribution >= 4 is 21.8 Å². The topological polar surface area (TPSA) is 29.1 Å². The Morgan fingerprint density at radius 3 is 2.21 bits per heavy atom. The SMILES string of the molecule is CC(C)CC(Br)CNC(=O)C(C)(C)C. The molecule has 0 aromatic rings. The Balaban J connectivity index is 3.78. The second-order valence-corrected chi connectivity index (χ2v) is 6.48. The molecule has 1 atom stereocenters. The molecule has 0 rings (SSSR count). The van der Waals surface area contributed by atoms with Gasteiger partial charge >= 0.3 is 0 Å². The van der Waals surface area contributed by atoms with Crippen LogP contribution in [0.2, 0.25) is 0 Å². The minimum absolute atomic E-state index is 0.116. The first-order valence-electron chi connectivity index (χ1n) is 5.16. The average molecular weight is 264 g/mol. The minimum Gasteiger partial charge on any atom is -0.355 e. The van der Waals surface area contributed by atoms with Crippen LogP contribution in [0.4, 0.5) is 0 Å². The first-order valence-corrected chi connectivity index (χ1v) is 6.07. The fourth-order valence-corrected chi connectivity index (χ4v) is 1.97. The number of carbonyl (C=O) groups is 1. The Morgan fingerprint density at radius 2 is 1.86 bits per heavy atom. The van der Waals surface area contributed by atoms with Crippen LogP contribution in [-0.2, 0) is 4.79 Å². The van der Waals surface area contributed by atoms with Crippen molar-refractivity contribution in [1.29, 1.82) is 0 Å². The lowest BCUT2D eigenvalue weighted by Gasteiger charge is -2.20. The van der Waals surface area contributed by atoms with Gasteiger partial charge < -0.3 is 5.32 Å². The molecule has 1 amide bonds. The van der Waals surface area contributed by atoms with Crippen LogP contribution in [0.3, 0.4) is 0 Å². The number of hydrogen-bond acceptors (Lipinski definition) is 1. The van der Waals surface area contributed by atoms with Gasteiger partial charge in [0.05, 0.1) is 0 Å². The summed E-state index contributed by atoms with van der Waals surface area (Å²) in [6.45, 7) is 10.9. The van der Waals surface area contributed by atoms with Crippen LogP contribution in [-0.4, -0.2) is 17.3 Å². The van der Waals surface area contributed by atoms with Gasteiger partial charge in [-0.25, -0.2) is 0 Å². The molecule has 2 nitrogen and oxygen atoms in total. The molecule has 14 heavy (non-hydrogen) atoms. The highest BCUT2D eigenvalue weighted by molar-refractivity contribution is 9.09.